The highest BCUT2D eigenvalue weighted by molar-refractivity contribution is 9.10. The molecule has 0 saturated carbocycles. The maximum Gasteiger partial charge on any atom is 0.293 e. The molecule has 0 bridgehead atoms. The van der Waals surface area contributed by atoms with E-state index in [0.717, 1.165) is 12.8 Å². The number of nitro benzene ring substituents is 1. The van der Waals surface area contributed by atoms with Gasteiger partial charge in [0.05, 0.1) is 4.92 Å². The smallest absolute Gasteiger partial charge is 0.293 e. The normalized spacial score (nSPS) is 19.2. The highest BCUT2D eigenvalue weighted by Crippen LogP contribution is 2.34. The van der Waals surface area contributed by atoms with Crippen LogP contribution in [0.5, 0.6) is 0 Å². The molecule has 0 aromatic heterocycles. The molecule has 1 aliphatic heterocycles. The van der Waals surface area contributed by atoms with Crippen LogP contribution in [0.1, 0.15) is 19.3 Å². The number of carbonyl (C=O) groups excluding carboxylic acids is 1. The van der Waals surface area contributed by atoms with E-state index in [1.165, 1.54) is 6.07 Å². The largest absolute Gasteiger partial charge is 0.368 e. The Morgan fingerprint density at radius 2 is 2.21 bits per heavy atom. The molecule has 1 aromatic rings. The maximum absolute atomic E-state index is 11.5. The predicted octanol–water partition coefficient (Wildman–Crippen LogP) is 2.20. The summed E-state index contributed by atoms with van der Waals surface area (Å²) in [7, 11) is 0. The Kier molecular flexibility index (Phi) is 4.04. The molecule has 7 heteroatoms. The van der Waals surface area contributed by atoms with Gasteiger partial charge in [0.15, 0.2) is 0 Å². The second-order valence-corrected chi connectivity index (χ2v) is 5.41. The van der Waals surface area contributed by atoms with E-state index in [1.54, 1.807) is 17.0 Å². The summed E-state index contributed by atoms with van der Waals surface area (Å²) >= 11 is 3.22. The van der Waals surface area contributed by atoms with Gasteiger partial charge in [0.2, 0.25) is 5.91 Å². The van der Waals surface area contributed by atoms with Gasteiger partial charge in [-0.1, -0.05) is 15.9 Å². The summed E-state index contributed by atoms with van der Waals surface area (Å²) < 4.78 is 0.635. The first kappa shape index (κ1) is 13.8. The van der Waals surface area contributed by atoms with Crippen LogP contribution in [0.15, 0.2) is 22.7 Å². The van der Waals surface area contributed by atoms with Crippen LogP contribution in [0.4, 0.5) is 11.4 Å². The third-order valence-electron chi connectivity index (χ3n) is 3.27. The van der Waals surface area contributed by atoms with E-state index in [4.69, 9.17) is 5.73 Å². The SMILES string of the molecule is NC(=O)C1CCCCN1c1ccc(Br)cc1[N+](=O)[O-]. The number of piperidine rings is 1. The van der Waals surface area contributed by atoms with Crippen molar-refractivity contribution < 1.29 is 9.72 Å². The van der Waals surface area contributed by atoms with Gasteiger partial charge in [0, 0.05) is 17.1 Å². The van der Waals surface area contributed by atoms with Crippen LogP contribution in [0, 0.1) is 10.1 Å². The summed E-state index contributed by atoms with van der Waals surface area (Å²) in [5.41, 5.74) is 5.84. The molecule has 1 unspecified atom stereocenters. The van der Waals surface area contributed by atoms with Gasteiger partial charge in [-0.05, 0) is 31.4 Å². The van der Waals surface area contributed by atoms with E-state index in [0.29, 0.717) is 23.1 Å². The lowest BCUT2D eigenvalue weighted by Gasteiger charge is -2.35. The number of nitro groups is 1. The zero-order chi connectivity index (χ0) is 14.0. The first-order valence-electron chi connectivity index (χ1n) is 6.00. The van der Waals surface area contributed by atoms with Crippen molar-refractivity contribution >= 4 is 33.2 Å². The zero-order valence-electron chi connectivity index (χ0n) is 10.2. The molecule has 0 spiro atoms. The molecule has 102 valence electrons. The van der Waals surface area contributed by atoms with Crippen molar-refractivity contribution in [1.82, 2.24) is 0 Å². The summed E-state index contributed by atoms with van der Waals surface area (Å²) in [5, 5.41) is 11.1. The minimum atomic E-state index is -0.464. The fourth-order valence-electron chi connectivity index (χ4n) is 2.40. The lowest BCUT2D eigenvalue weighted by Crippen LogP contribution is -2.48. The van der Waals surface area contributed by atoms with Crippen LogP contribution in [0.25, 0.3) is 0 Å². The summed E-state index contributed by atoms with van der Waals surface area (Å²) in [4.78, 5) is 23.9. The van der Waals surface area contributed by atoms with Crippen LogP contribution < -0.4 is 10.6 Å². The van der Waals surface area contributed by atoms with Crippen LogP contribution in [-0.2, 0) is 4.79 Å². The van der Waals surface area contributed by atoms with E-state index in [1.807, 2.05) is 0 Å². The lowest BCUT2D eigenvalue weighted by molar-refractivity contribution is -0.384. The standard InChI is InChI=1S/C12H14BrN3O3/c13-8-4-5-9(11(7-8)16(18)19)15-6-2-1-3-10(15)12(14)17/h4-5,7,10H,1-3,6H2,(H2,14,17). The number of hydrogen-bond donors (Lipinski definition) is 1. The second-order valence-electron chi connectivity index (χ2n) is 4.50. The van der Waals surface area contributed by atoms with Gasteiger partial charge in [-0.25, -0.2) is 0 Å². The van der Waals surface area contributed by atoms with Crippen LogP contribution >= 0.6 is 15.9 Å². The third kappa shape index (κ3) is 2.86. The Morgan fingerprint density at radius 3 is 2.84 bits per heavy atom. The van der Waals surface area contributed by atoms with Crippen molar-refractivity contribution in [3.63, 3.8) is 0 Å². The van der Waals surface area contributed by atoms with E-state index in [-0.39, 0.29) is 5.69 Å². The Morgan fingerprint density at radius 1 is 1.47 bits per heavy atom. The predicted molar refractivity (Wildman–Crippen MR) is 75.0 cm³/mol. The van der Waals surface area contributed by atoms with Crippen molar-refractivity contribution in [2.24, 2.45) is 5.73 Å². The fraction of sp³-hybridized carbons (Fsp3) is 0.417. The van der Waals surface area contributed by atoms with Crippen molar-refractivity contribution in [1.29, 1.82) is 0 Å². The number of carbonyl (C=O) groups is 1. The minimum Gasteiger partial charge on any atom is -0.368 e. The molecule has 1 aromatic carbocycles. The number of rotatable bonds is 3. The fourth-order valence-corrected chi connectivity index (χ4v) is 2.75. The van der Waals surface area contributed by atoms with Crippen molar-refractivity contribution in [3.8, 4) is 0 Å². The second kappa shape index (κ2) is 5.56. The first-order valence-corrected chi connectivity index (χ1v) is 6.80. The van der Waals surface area contributed by atoms with Gasteiger partial charge >= 0.3 is 0 Å². The number of benzene rings is 1. The Hall–Kier alpha value is -1.63. The Balaban J connectivity index is 2.44. The molecule has 2 N–H and O–H groups in total. The minimum absolute atomic E-state index is 0.0116. The molecular weight excluding hydrogens is 314 g/mol. The van der Waals surface area contributed by atoms with Gasteiger partial charge in [0.1, 0.15) is 11.7 Å². The number of primary amides is 1. The molecule has 1 atom stereocenters. The molecule has 1 saturated heterocycles. The topological polar surface area (TPSA) is 89.5 Å². The molecule has 0 aliphatic carbocycles. The Labute approximate surface area is 118 Å². The lowest BCUT2D eigenvalue weighted by atomic mass is 10.0. The van der Waals surface area contributed by atoms with Gasteiger partial charge in [-0.3, -0.25) is 14.9 Å². The quantitative estimate of drug-likeness (QED) is 0.680. The highest BCUT2D eigenvalue weighted by Gasteiger charge is 2.31. The molecule has 1 aliphatic rings. The Bertz CT molecular complexity index is 521. The average Bonchev–Trinajstić information content (AvgIpc) is 2.38. The molecule has 2 rings (SSSR count). The van der Waals surface area contributed by atoms with Crippen LogP contribution in [0.2, 0.25) is 0 Å². The van der Waals surface area contributed by atoms with Crippen molar-refractivity contribution in [2.75, 3.05) is 11.4 Å². The summed E-state index contributed by atoms with van der Waals surface area (Å²) in [6.45, 7) is 0.607. The van der Waals surface area contributed by atoms with E-state index in [2.05, 4.69) is 15.9 Å². The van der Waals surface area contributed by atoms with Gasteiger partial charge < -0.3 is 10.6 Å². The number of nitrogens with zero attached hydrogens (tertiary/aromatic N) is 2. The number of amides is 1. The molecule has 19 heavy (non-hydrogen) atoms. The van der Waals surface area contributed by atoms with Crippen molar-refractivity contribution in [3.05, 3.63) is 32.8 Å². The number of nitrogens with two attached hydrogens (primary N) is 1. The number of halogens is 1. The average molecular weight is 328 g/mol. The van der Waals surface area contributed by atoms with Gasteiger partial charge in [0.25, 0.3) is 5.69 Å². The van der Waals surface area contributed by atoms with Crippen LogP contribution in [0.3, 0.4) is 0 Å². The third-order valence-corrected chi connectivity index (χ3v) is 3.77. The molecular formula is C12H14BrN3O3. The van der Waals surface area contributed by atoms with E-state index in [9.17, 15) is 14.9 Å². The molecule has 1 amide bonds. The molecule has 1 heterocycles. The number of anilines is 1. The van der Waals surface area contributed by atoms with Crippen LogP contribution in [-0.4, -0.2) is 23.4 Å². The van der Waals surface area contributed by atoms with Crippen molar-refractivity contribution in [2.45, 2.75) is 25.3 Å². The van der Waals surface area contributed by atoms with E-state index < -0.39 is 16.9 Å². The molecule has 6 nitrogen and oxygen atoms in total. The van der Waals surface area contributed by atoms with E-state index >= 15 is 0 Å². The molecule has 1 fully saturated rings. The summed E-state index contributed by atoms with van der Waals surface area (Å²) in [6, 6.07) is 4.37. The highest BCUT2D eigenvalue weighted by atomic mass is 79.9. The molecule has 0 radical (unpaired) electrons. The monoisotopic (exact) mass is 327 g/mol. The van der Waals surface area contributed by atoms with Gasteiger partial charge in [-0.15, -0.1) is 0 Å². The summed E-state index contributed by atoms with van der Waals surface area (Å²) in [6.07, 6.45) is 2.45. The maximum atomic E-state index is 11.5. The summed E-state index contributed by atoms with van der Waals surface area (Å²) in [5.74, 6) is -0.433. The first-order chi connectivity index (χ1) is 9.00. The zero-order valence-corrected chi connectivity index (χ0v) is 11.8. The van der Waals surface area contributed by atoms with Gasteiger partial charge in [-0.2, -0.15) is 0 Å². The number of hydrogen-bond acceptors (Lipinski definition) is 4.